The lowest BCUT2D eigenvalue weighted by atomic mass is 9.88. The van der Waals surface area contributed by atoms with E-state index in [1.807, 2.05) is 6.92 Å². The minimum atomic E-state index is -0.245. The maximum Gasteiger partial charge on any atom is 0.339 e. The molecule has 0 aromatic heterocycles. The Morgan fingerprint density at radius 1 is 1.40 bits per heavy atom. The number of hydrogen-bond acceptors (Lipinski definition) is 4. The van der Waals surface area contributed by atoms with Crippen molar-refractivity contribution in [2.75, 3.05) is 6.61 Å². The summed E-state index contributed by atoms with van der Waals surface area (Å²) in [5, 5.41) is 0. The van der Waals surface area contributed by atoms with Gasteiger partial charge in [0.25, 0.3) is 0 Å². The molecule has 4 heteroatoms. The molecule has 1 aromatic carbocycles. The summed E-state index contributed by atoms with van der Waals surface area (Å²) < 4.78 is 10.3. The van der Waals surface area contributed by atoms with Crippen LogP contribution in [0.2, 0.25) is 0 Å². The van der Waals surface area contributed by atoms with Gasteiger partial charge in [0.15, 0.2) is 0 Å². The Balaban J connectivity index is 1.93. The van der Waals surface area contributed by atoms with E-state index in [9.17, 15) is 9.59 Å². The lowest BCUT2D eigenvalue weighted by molar-refractivity contribution is -0.144. The highest BCUT2D eigenvalue weighted by Gasteiger charge is 2.38. The van der Waals surface area contributed by atoms with E-state index in [2.05, 4.69) is 13.0 Å². The van der Waals surface area contributed by atoms with E-state index in [1.165, 1.54) is 18.1 Å². The van der Waals surface area contributed by atoms with Crippen LogP contribution in [0.15, 0.2) is 6.07 Å². The van der Waals surface area contributed by atoms with Gasteiger partial charge in [-0.3, -0.25) is 4.79 Å². The summed E-state index contributed by atoms with van der Waals surface area (Å²) in [5.41, 5.74) is 5.17. The Labute approximate surface area is 118 Å². The summed E-state index contributed by atoms with van der Waals surface area (Å²) >= 11 is 0. The van der Waals surface area contributed by atoms with Gasteiger partial charge in [0.1, 0.15) is 6.61 Å². The molecule has 1 atom stereocenters. The third-order valence-electron chi connectivity index (χ3n) is 4.29. The molecule has 1 unspecified atom stereocenters. The van der Waals surface area contributed by atoms with Gasteiger partial charge in [-0.05, 0) is 36.5 Å². The van der Waals surface area contributed by atoms with E-state index in [-0.39, 0.29) is 17.4 Å². The van der Waals surface area contributed by atoms with Crippen molar-refractivity contribution in [2.24, 2.45) is 5.41 Å². The fourth-order valence-electron chi connectivity index (χ4n) is 3.35. The predicted molar refractivity (Wildman–Crippen MR) is 72.4 cm³/mol. The van der Waals surface area contributed by atoms with Crippen molar-refractivity contribution in [3.05, 3.63) is 33.9 Å². The Kier molecular flexibility index (Phi) is 2.85. The molecule has 0 saturated heterocycles. The standard InChI is InChI=1S/C16H18O4/c1-9-13-6-16(3,8-20-10(2)17)5-11(13)4-12-7-19-15(18)14(9)12/h4H,5-8H2,1-3H3. The number of fused-ring (bicyclic) bond motifs is 2. The monoisotopic (exact) mass is 274 g/mol. The molecule has 0 saturated carbocycles. The second kappa shape index (κ2) is 4.33. The number of rotatable bonds is 2. The molecule has 4 nitrogen and oxygen atoms in total. The zero-order chi connectivity index (χ0) is 14.5. The molecule has 1 aromatic rings. The average Bonchev–Trinajstić information content (AvgIpc) is 2.89. The molecule has 0 N–H and O–H groups in total. The molecule has 1 aliphatic heterocycles. The predicted octanol–water partition coefficient (Wildman–Crippen LogP) is 2.33. The minimum Gasteiger partial charge on any atom is -0.465 e. The fraction of sp³-hybridized carbons (Fsp3) is 0.500. The number of benzene rings is 1. The second-order valence-electron chi connectivity index (χ2n) is 6.19. The van der Waals surface area contributed by atoms with Crippen molar-refractivity contribution in [3.8, 4) is 0 Å². The molecular formula is C16H18O4. The van der Waals surface area contributed by atoms with Gasteiger partial charge in [-0.1, -0.05) is 13.0 Å². The summed E-state index contributed by atoms with van der Waals surface area (Å²) in [5.74, 6) is -0.459. The first kappa shape index (κ1) is 13.2. The van der Waals surface area contributed by atoms with E-state index in [1.54, 1.807) is 0 Å². The minimum absolute atomic E-state index is 0.0717. The zero-order valence-electron chi connectivity index (χ0n) is 12.0. The maximum atomic E-state index is 11.8. The Bertz CT molecular complexity index is 617. The van der Waals surface area contributed by atoms with Crippen molar-refractivity contribution >= 4 is 11.9 Å². The third-order valence-corrected chi connectivity index (χ3v) is 4.29. The lowest BCUT2D eigenvalue weighted by Gasteiger charge is -2.22. The molecule has 0 amide bonds. The van der Waals surface area contributed by atoms with Gasteiger partial charge >= 0.3 is 11.9 Å². The van der Waals surface area contributed by atoms with Gasteiger partial charge in [-0.25, -0.2) is 4.79 Å². The van der Waals surface area contributed by atoms with Crippen LogP contribution in [0.1, 0.15) is 46.5 Å². The van der Waals surface area contributed by atoms with Crippen LogP contribution >= 0.6 is 0 Å². The third kappa shape index (κ3) is 1.99. The summed E-state index contributed by atoms with van der Waals surface area (Å²) in [7, 11) is 0. The maximum absolute atomic E-state index is 11.8. The molecule has 20 heavy (non-hydrogen) atoms. The number of carbonyl (C=O) groups is 2. The highest BCUT2D eigenvalue weighted by molar-refractivity contribution is 5.95. The zero-order valence-corrected chi connectivity index (χ0v) is 12.0. The van der Waals surface area contributed by atoms with Crippen molar-refractivity contribution in [1.82, 2.24) is 0 Å². The van der Waals surface area contributed by atoms with Crippen LogP contribution in [-0.4, -0.2) is 18.5 Å². The summed E-state index contributed by atoms with van der Waals surface area (Å²) in [6, 6.07) is 2.08. The first-order valence-electron chi connectivity index (χ1n) is 6.84. The lowest BCUT2D eigenvalue weighted by Crippen LogP contribution is -2.25. The Hall–Kier alpha value is -1.84. The molecule has 0 radical (unpaired) electrons. The molecule has 0 bridgehead atoms. The van der Waals surface area contributed by atoms with Gasteiger partial charge in [0.05, 0.1) is 12.2 Å². The van der Waals surface area contributed by atoms with Gasteiger partial charge in [-0.2, -0.15) is 0 Å². The molecule has 1 heterocycles. The van der Waals surface area contributed by atoms with Crippen molar-refractivity contribution < 1.29 is 19.1 Å². The smallest absolute Gasteiger partial charge is 0.339 e. The van der Waals surface area contributed by atoms with Crippen LogP contribution in [-0.2, 0) is 33.7 Å². The number of esters is 2. The number of hydrogen-bond donors (Lipinski definition) is 0. The topological polar surface area (TPSA) is 52.6 Å². The van der Waals surface area contributed by atoms with Crippen molar-refractivity contribution in [3.63, 3.8) is 0 Å². The molecule has 1 aliphatic carbocycles. The Morgan fingerprint density at radius 3 is 2.85 bits per heavy atom. The second-order valence-corrected chi connectivity index (χ2v) is 6.19. The van der Waals surface area contributed by atoms with Gasteiger partial charge in [-0.15, -0.1) is 0 Å². The van der Waals surface area contributed by atoms with E-state index in [4.69, 9.17) is 9.47 Å². The van der Waals surface area contributed by atoms with Crippen LogP contribution in [0.3, 0.4) is 0 Å². The number of cyclic esters (lactones) is 1. The van der Waals surface area contributed by atoms with Crippen LogP contribution < -0.4 is 0 Å². The summed E-state index contributed by atoms with van der Waals surface area (Å²) in [6.07, 6.45) is 1.71. The van der Waals surface area contributed by atoms with E-state index in [0.29, 0.717) is 13.2 Å². The van der Waals surface area contributed by atoms with E-state index in [0.717, 1.165) is 29.5 Å². The number of ether oxygens (including phenoxy) is 2. The Morgan fingerprint density at radius 2 is 2.15 bits per heavy atom. The molecule has 2 aliphatic rings. The molecule has 0 spiro atoms. The number of carbonyl (C=O) groups excluding carboxylic acids is 2. The first-order chi connectivity index (χ1) is 9.39. The average molecular weight is 274 g/mol. The van der Waals surface area contributed by atoms with Gasteiger partial charge in [0.2, 0.25) is 0 Å². The normalized spacial score (nSPS) is 23.2. The fourth-order valence-corrected chi connectivity index (χ4v) is 3.35. The van der Waals surface area contributed by atoms with Crippen LogP contribution in [0.25, 0.3) is 0 Å². The van der Waals surface area contributed by atoms with E-state index >= 15 is 0 Å². The SMILES string of the molecule is CC(=O)OCC1(C)Cc2cc3c(c(C)c2C1)C(=O)OC3. The molecule has 0 fully saturated rings. The summed E-state index contributed by atoms with van der Waals surface area (Å²) in [6.45, 7) is 6.34. The van der Waals surface area contributed by atoms with Crippen molar-refractivity contribution in [2.45, 2.75) is 40.2 Å². The van der Waals surface area contributed by atoms with Gasteiger partial charge < -0.3 is 9.47 Å². The highest BCUT2D eigenvalue weighted by atomic mass is 16.5. The molecular weight excluding hydrogens is 256 g/mol. The quantitative estimate of drug-likeness (QED) is 0.777. The highest BCUT2D eigenvalue weighted by Crippen LogP contribution is 2.41. The van der Waals surface area contributed by atoms with Crippen LogP contribution in [0.5, 0.6) is 0 Å². The van der Waals surface area contributed by atoms with Crippen LogP contribution in [0, 0.1) is 12.3 Å². The van der Waals surface area contributed by atoms with Gasteiger partial charge in [0, 0.05) is 17.9 Å². The van der Waals surface area contributed by atoms with Crippen LogP contribution in [0.4, 0.5) is 0 Å². The largest absolute Gasteiger partial charge is 0.465 e. The van der Waals surface area contributed by atoms with E-state index < -0.39 is 0 Å². The van der Waals surface area contributed by atoms with Crippen molar-refractivity contribution in [1.29, 1.82) is 0 Å². The first-order valence-corrected chi connectivity index (χ1v) is 6.84. The molecule has 106 valence electrons. The molecule has 3 rings (SSSR count). The summed E-state index contributed by atoms with van der Waals surface area (Å²) in [4.78, 5) is 22.8.